The van der Waals surface area contributed by atoms with Crippen LogP contribution in [-0.2, 0) is 4.79 Å². The number of ether oxygens (including phenoxy) is 1. The second kappa shape index (κ2) is 6.37. The summed E-state index contributed by atoms with van der Waals surface area (Å²) in [6, 6.07) is 7.27. The molecule has 1 aromatic rings. The van der Waals surface area contributed by atoms with Crippen LogP contribution >= 0.6 is 11.8 Å². The topological polar surface area (TPSA) is 78.1 Å². The summed E-state index contributed by atoms with van der Waals surface area (Å²) in [5.41, 5.74) is 1.04. The third-order valence-corrected chi connectivity index (χ3v) is 4.36. The van der Waals surface area contributed by atoms with E-state index < -0.39 is 5.91 Å². The first kappa shape index (κ1) is 15.5. The summed E-state index contributed by atoms with van der Waals surface area (Å²) in [5.74, 6) is 0.397. The van der Waals surface area contributed by atoms with Gasteiger partial charge >= 0.3 is 0 Å². The van der Waals surface area contributed by atoms with Crippen LogP contribution in [0, 0.1) is 5.41 Å². The van der Waals surface area contributed by atoms with Crippen LogP contribution in [0.2, 0.25) is 0 Å². The Morgan fingerprint density at radius 2 is 2.09 bits per heavy atom. The fourth-order valence-corrected chi connectivity index (χ4v) is 3.20. The van der Waals surface area contributed by atoms with Gasteiger partial charge in [0.05, 0.1) is 12.7 Å². The van der Waals surface area contributed by atoms with Gasteiger partial charge in [0.15, 0.2) is 5.84 Å². The van der Waals surface area contributed by atoms with Crippen molar-refractivity contribution in [1.29, 1.82) is 5.41 Å². The minimum Gasteiger partial charge on any atom is -0.497 e. The molecule has 2 aliphatic rings. The number of carbonyl (C=O) groups is 1. The van der Waals surface area contributed by atoms with Gasteiger partial charge in [-0.3, -0.25) is 10.2 Å². The molecule has 1 amide bonds. The zero-order valence-electron chi connectivity index (χ0n) is 12.9. The first-order valence-corrected chi connectivity index (χ1v) is 8.07. The van der Waals surface area contributed by atoms with Crippen molar-refractivity contribution in [2.75, 3.05) is 7.11 Å². The van der Waals surface area contributed by atoms with E-state index in [0.717, 1.165) is 29.2 Å². The number of hydrogen-bond acceptors (Lipinski definition) is 5. The van der Waals surface area contributed by atoms with Gasteiger partial charge in [-0.15, -0.1) is 0 Å². The lowest BCUT2D eigenvalue weighted by Gasteiger charge is -2.20. The van der Waals surface area contributed by atoms with E-state index in [9.17, 15) is 4.79 Å². The SMILES string of the molecule is CCCC1=NN2C(=N)/C(=C\c3ccc(OC)cc3)C(=O)N=C2S1. The summed E-state index contributed by atoms with van der Waals surface area (Å²) in [5, 5.41) is 15.4. The number of aliphatic imine (C=N–C) groups is 1. The Hall–Kier alpha value is -2.41. The molecule has 2 aliphatic heterocycles. The van der Waals surface area contributed by atoms with E-state index in [1.54, 1.807) is 25.3 Å². The smallest absolute Gasteiger partial charge is 0.283 e. The number of nitrogens with one attached hydrogen (secondary N) is 1. The molecule has 0 unspecified atom stereocenters. The molecule has 6 nitrogen and oxygen atoms in total. The van der Waals surface area contributed by atoms with Crippen molar-refractivity contribution in [1.82, 2.24) is 5.01 Å². The van der Waals surface area contributed by atoms with Crippen LogP contribution in [0.1, 0.15) is 25.3 Å². The zero-order valence-corrected chi connectivity index (χ0v) is 13.7. The van der Waals surface area contributed by atoms with E-state index >= 15 is 0 Å². The van der Waals surface area contributed by atoms with Crippen LogP contribution in [-0.4, -0.2) is 34.1 Å². The van der Waals surface area contributed by atoms with E-state index in [-0.39, 0.29) is 11.4 Å². The number of amides is 1. The van der Waals surface area contributed by atoms with Gasteiger partial charge in [0.25, 0.3) is 5.91 Å². The average molecular weight is 328 g/mol. The molecule has 0 radical (unpaired) electrons. The normalized spacial score (nSPS) is 18.9. The minimum absolute atomic E-state index is 0.0643. The van der Waals surface area contributed by atoms with E-state index in [2.05, 4.69) is 17.0 Å². The minimum atomic E-state index is -0.405. The molecule has 2 heterocycles. The van der Waals surface area contributed by atoms with Crippen LogP contribution < -0.4 is 4.74 Å². The molecule has 0 aliphatic carbocycles. The van der Waals surface area contributed by atoms with Gasteiger partial charge in [0.2, 0.25) is 5.17 Å². The number of fused-ring (bicyclic) bond motifs is 1. The van der Waals surface area contributed by atoms with Crippen molar-refractivity contribution >= 4 is 39.8 Å². The van der Waals surface area contributed by atoms with E-state index in [1.807, 2.05) is 12.1 Å². The molecule has 7 heteroatoms. The van der Waals surface area contributed by atoms with Gasteiger partial charge in [-0.05, 0) is 48.4 Å². The summed E-state index contributed by atoms with van der Waals surface area (Å²) in [6.45, 7) is 2.06. The van der Waals surface area contributed by atoms with E-state index in [4.69, 9.17) is 10.1 Å². The number of methoxy groups -OCH3 is 1. The van der Waals surface area contributed by atoms with Gasteiger partial charge < -0.3 is 4.74 Å². The molecule has 0 saturated heterocycles. The van der Waals surface area contributed by atoms with E-state index in [0.29, 0.717) is 5.17 Å². The number of thioether (sulfide) groups is 1. The van der Waals surface area contributed by atoms with Crippen LogP contribution in [0.5, 0.6) is 5.75 Å². The molecule has 23 heavy (non-hydrogen) atoms. The van der Waals surface area contributed by atoms with Crippen molar-refractivity contribution in [2.45, 2.75) is 19.8 Å². The fraction of sp³-hybridized carbons (Fsp3) is 0.250. The second-order valence-corrected chi connectivity index (χ2v) is 6.08. The van der Waals surface area contributed by atoms with E-state index in [1.165, 1.54) is 16.8 Å². The maximum Gasteiger partial charge on any atom is 0.283 e. The Bertz CT molecular complexity index is 750. The summed E-state index contributed by atoms with van der Waals surface area (Å²) in [4.78, 5) is 16.3. The molecule has 0 spiro atoms. The highest BCUT2D eigenvalue weighted by molar-refractivity contribution is 8.26. The number of amidine groups is 2. The standard InChI is InChI=1S/C16H16N4O2S/c1-3-4-13-19-20-14(17)12(15(21)18-16(20)23-13)9-10-5-7-11(22-2)8-6-10/h5-9,17H,3-4H2,1-2H3/b12-9+,17-14?. The van der Waals surface area contributed by atoms with Crippen molar-refractivity contribution in [3.05, 3.63) is 35.4 Å². The Kier molecular flexibility index (Phi) is 4.29. The lowest BCUT2D eigenvalue weighted by molar-refractivity contribution is -0.114. The number of benzene rings is 1. The number of carbonyl (C=O) groups excluding carboxylic acids is 1. The molecule has 0 fully saturated rings. The summed E-state index contributed by atoms with van der Waals surface area (Å²) in [6.07, 6.45) is 3.43. The third kappa shape index (κ3) is 3.05. The highest BCUT2D eigenvalue weighted by Gasteiger charge is 2.35. The molecule has 0 atom stereocenters. The van der Waals surface area contributed by atoms with Gasteiger partial charge in [-0.1, -0.05) is 19.1 Å². The van der Waals surface area contributed by atoms with Crippen LogP contribution in [0.3, 0.4) is 0 Å². The van der Waals surface area contributed by atoms with Crippen LogP contribution in [0.4, 0.5) is 0 Å². The van der Waals surface area contributed by atoms with Crippen molar-refractivity contribution in [3.8, 4) is 5.75 Å². The second-order valence-electron chi connectivity index (χ2n) is 5.04. The van der Waals surface area contributed by atoms with Crippen molar-refractivity contribution in [2.24, 2.45) is 10.1 Å². The highest BCUT2D eigenvalue weighted by atomic mass is 32.2. The number of hydrazone groups is 1. The predicted molar refractivity (Wildman–Crippen MR) is 92.9 cm³/mol. The van der Waals surface area contributed by atoms with Gasteiger partial charge in [-0.25, -0.2) is 0 Å². The zero-order chi connectivity index (χ0) is 16.4. The Labute approximate surface area is 138 Å². The summed E-state index contributed by atoms with van der Waals surface area (Å²) in [7, 11) is 1.60. The lowest BCUT2D eigenvalue weighted by Crippen LogP contribution is -2.35. The van der Waals surface area contributed by atoms with Gasteiger partial charge in [-0.2, -0.15) is 15.1 Å². The lowest BCUT2D eigenvalue weighted by atomic mass is 10.1. The molecule has 0 saturated carbocycles. The first-order chi connectivity index (χ1) is 11.1. The number of nitrogens with zero attached hydrogens (tertiary/aromatic N) is 3. The van der Waals surface area contributed by atoms with Crippen LogP contribution in [0.25, 0.3) is 6.08 Å². The molecular formula is C16H16N4O2S. The van der Waals surface area contributed by atoms with Gasteiger partial charge in [0, 0.05) is 0 Å². The maximum atomic E-state index is 12.2. The third-order valence-electron chi connectivity index (χ3n) is 3.39. The Morgan fingerprint density at radius 1 is 1.35 bits per heavy atom. The molecule has 3 rings (SSSR count). The Balaban J connectivity index is 1.90. The molecular weight excluding hydrogens is 312 g/mol. The molecule has 1 aromatic carbocycles. The quantitative estimate of drug-likeness (QED) is 0.861. The summed E-state index contributed by atoms with van der Waals surface area (Å²) >= 11 is 1.36. The predicted octanol–water partition coefficient (Wildman–Crippen LogP) is 3.11. The number of hydrogen-bond donors (Lipinski definition) is 1. The van der Waals surface area contributed by atoms with Crippen molar-refractivity contribution in [3.63, 3.8) is 0 Å². The molecule has 0 bridgehead atoms. The van der Waals surface area contributed by atoms with Gasteiger partial charge in [0.1, 0.15) is 10.8 Å². The average Bonchev–Trinajstić information content (AvgIpc) is 2.95. The monoisotopic (exact) mass is 328 g/mol. The summed E-state index contributed by atoms with van der Waals surface area (Å²) < 4.78 is 5.11. The number of rotatable bonds is 4. The van der Waals surface area contributed by atoms with Crippen molar-refractivity contribution < 1.29 is 9.53 Å². The fourth-order valence-electron chi connectivity index (χ4n) is 2.21. The van der Waals surface area contributed by atoms with Crippen LogP contribution in [0.15, 0.2) is 39.9 Å². The Morgan fingerprint density at radius 3 is 2.74 bits per heavy atom. The molecule has 0 aromatic heterocycles. The first-order valence-electron chi connectivity index (χ1n) is 7.25. The molecule has 1 N–H and O–H groups in total. The maximum absolute atomic E-state index is 12.2. The largest absolute Gasteiger partial charge is 0.497 e. The molecule has 118 valence electrons. The highest BCUT2D eigenvalue weighted by Crippen LogP contribution is 2.29.